The quantitative estimate of drug-likeness (QED) is 0.361. The number of aryl methyl sites for hydroxylation is 1. The number of methoxy groups -OCH3 is 2. The largest absolute Gasteiger partial charge is 0.497 e. The molecule has 3 aromatic rings. The van der Waals surface area contributed by atoms with Crippen molar-refractivity contribution in [1.82, 2.24) is 5.32 Å². The fourth-order valence-electron chi connectivity index (χ4n) is 3.59. The van der Waals surface area contributed by atoms with Crippen LogP contribution in [0.4, 0.5) is 10.5 Å². The molecule has 4 amide bonds. The summed E-state index contributed by atoms with van der Waals surface area (Å²) in [6.07, 6.45) is 1.35. The third-order valence-corrected chi connectivity index (χ3v) is 5.78. The van der Waals surface area contributed by atoms with Crippen molar-refractivity contribution >= 4 is 41.2 Å². The lowest BCUT2D eigenvalue weighted by atomic mass is 10.1. The van der Waals surface area contributed by atoms with E-state index in [1.807, 2.05) is 31.2 Å². The number of amides is 4. The molecule has 4 rings (SSSR count). The summed E-state index contributed by atoms with van der Waals surface area (Å²) in [5.41, 5.74) is 2.56. The summed E-state index contributed by atoms with van der Waals surface area (Å²) in [7, 11) is 2.97. The molecule has 184 valence electrons. The lowest BCUT2D eigenvalue weighted by molar-refractivity contribution is -0.122. The fourth-order valence-corrected chi connectivity index (χ4v) is 3.87. The highest BCUT2D eigenvalue weighted by atomic mass is 35.5. The maximum atomic E-state index is 13.2. The zero-order valence-corrected chi connectivity index (χ0v) is 20.6. The lowest BCUT2D eigenvalue weighted by Gasteiger charge is -2.26. The second kappa shape index (κ2) is 10.5. The maximum absolute atomic E-state index is 13.2. The second-order valence-electron chi connectivity index (χ2n) is 7.96. The van der Waals surface area contributed by atoms with E-state index < -0.39 is 17.8 Å². The second-order valence-corrected chi connectivity index (χ2v) is 8.37. The Morgan fingerprint density at radius 3 is 2.28 bits per heavy atom. The first-order valence-electron chi connectivity index (χ1n) is 10.9. The number of imide groups is 2. The number of carbonyl (C=O) groups excluding carboxylic acids is 3. The van der Waals surface area contributed by atoms with E-state index in [0.717, 1.165) is 16.0 Å². The number of halogens is 1. The molecule has 1 saturated heterocycles. The number of urea groups is 1. The van der Waals surface area contributed by atoms with Gasteiger partial charge in [-0.25, -0.2) is 9.69 Å². The van der Waals surface area contributed by atoms with Crippen molar-refractivity contribution in [3.05, 3.63) is 87.9 Å². The van der Waals surface area contributed by atoms with Crippen LogP contribution in [0.1, 0.15) is 16.7 Å². The molecule has 1 aliphatic heterocycles. The van der Waals surface area contributed by atoms with E-state index in [-0.39, 0.29) is 22.9 Å². The molecule has 0 bridgehead atoms. The van der Waals surface area contributed by atoms with Gasteiger partial charge in [0, 0.05) is 0 Å². The average Bonchev–Trinajstić information content (AvgIpc) is 2.87. The van der Waals surface area contributed by atoms with Crippen molar-refractivity contribution in [2.45, 2.75) is 13.5 Å². The van der Waals surface area contributed by atoms with Gasteiger partial charge >= 0.3 is 6.03 Å². The summed E-state index contributed by atoms with van der Waals surface area (Å²) in [6.45, 7) is 2.28. The summed E-state index contributed by atoms with van der Waals surface area (Å²) in [6, 6.07) is 16.5. The highest BCUT2D eigenvalue weighted by Gasteiger charge is 2.36. The van der Waals surface area contributed by atoms with Crippen LogP contribution >= 0.6 is 11.6 Å². The van der Waals surface area contributed by atoms with Crippen molar-refractivity contribution in [1.29, 1.82) is 0 Å². The molecular formula is C27H23ClN2O6. The van der Waals surface area contributed by atoms with E-state index in [2.05, 4.69) is 5.32 Å². The Kier molecular flexibility index (Phi) is 7.26. The van der Waals surface area contributed by atoms with Gasteiger partial charge in [0.25, 0.3) is 11.8 Å². The predicted octanol–water partition coefficient (Wildman–Crippen LogP) is 4.91. The molecule has 0 unspecified atom stereocenters. The van der Waals surface area contributed by atoms with Gasteiger partial charge in [-0.15, -0.1) is 0 Å². The van der Waals surface area contributed by atoms with Gasteiger partial charge in [0.2, 0.25) is 0 Å². The average molecular weight is 507 g/mol. The molecule has 1 N–H and O–H groups in total. The summed E-state index contributed by atoms with van der Waals surface area (Å²) in [5, 5.41) is 2.43. The molecule has 1 aliphatic rings. The zero-order chi connectivity index (χ0) is 25.8. The number of anilines is 1. The number of ether oxygens (including phenoxy) is 3. The van der Waals surface area contributed by atoms with Crippen molar-refractivity contribution in [3.8, 4) is 17.2 Å². The first-order valence-corrected chi connectivity index (χ1v) is 11.3. The van der Waals surface area contributed by atoms with E-state index in [4.69, 9.17) is 25.8 Å². The minimum absolute atomic E-state index is 0.236. The molecule has 0 saturated carbocycles. The first-order chi connectivity index (χ1) is 17.3. The molecule has 0 spiro atoms. The van der Waals surface area contributed by atoms with Crippen molar-refractivity contribution in [2.24, 2.45) is 0 Å². The highest BCUT2D eigenvalue weighted by Crippen LogP contribution is 2.38. The Labute approximate surface area is 213 Å². The molecule has 0 radical (unpaired) electrons. The van der Waals surface area contributed by atoms with Crippen LogP contribution in [0.5, 0.6) is 17.2 Å². The van der Waals surface area contributed by atoms with Crippen molar-refractivity contribution in [3.63, 3.8) is 0 Å². The van der Waals surface area contributed by atoms with Crippen molar-refractivity contribution < 1.29 is 28.6 Å². The van der Waals surface area contributed by atoms with E-state index in [9.17, 15) is 14.4 Å². The molecule has 1 fully saturated rings. The van der Waals surface area contributed by atoms with Crippen LogP contribution in [-0.2, 0) is 16.2 Å². The van der Waals surface area contributed by atoms with Crippen LogP contribution in [0, 0.1) is 6.92 Å². The Hall–Kier alpha value is -4.30. The van der Waals surface area contributed by atoms with E-state index in [0.29, 0.717) is 22.8 Å². The summed E-state index contributed by atoms with van der Waals surface area (Å²) in [4.78, 5) is 39.0. The Bertz CT molecular complexity index is 1350. The zero-order valence-electron chi connectivity index (χ0n) is 19.8. The van der Waals surface area contributed by atoms with Crippen LogP contribution in [0.3, 0.4) is 0 Å². The fraction of sp³-hybridized carbons (Fsp3) is 0.148. The molecule has 1 heterocycles. The molecule has 3 aromatic carbocycles. The van der Waals surface area contributed by atoms with Crippen LogP contribution in [-0.4, -0.2) is 32.1 Å². The number of nitrogens with zero attached hydrogens (tertiary/aromatic N) is 1. The topological polar surface area (TPSA) is 94.2 Å². The Morgan fingerprint density at radius 1 is 0.944 bits per heavy atom. The van der Waals surface area contributed by atoms with E-state index >= 15 is 0 Å². The number of hydrogen-bond acceptors (Lipinski definition) is 6. The van der Waals surface area contributed by atoms with E-state index in [1.165, 1.54) is 20.3 Å². The van der Waals surface area contributed by atoms with Gasteiger partial charge in [-0.3, -0.25) is 14.9 Å². The van der Waals surface area contributed by atoms with Crippen LogP contribution in [0.2, 0.25) is 5.02 Å². The Morgan fingerprint density at radius 2 is 1.64 bits per heavy atom. The minimum atomic E-state index is -0.845. The third-order valence-electron chi connectivity index (χ3n) is 5.50. The van der Waals surface area contributed by atoms with Gasteiger partial charge in [0.1, 0.15) is 17.9 Å². The minimum Gasteiger partial charge on any atom is -0.497 e. The van der Waals surface area contributed by atoms with Gasteiger partial charge in [-0.1, -0.05) is 41.4 Å². The number of barbiturate groups is 1. The number of nitrogens with one attached hydrogen (secondary N) is 1. The summed E-state index contributed by atoms with van der Waals surface area (Å²) >= 11 is 6.48. The number of benzene rings is 3. The van der Waals surface area contributed by atoms with Crippen LogP contribution < -0.4 is 24.4 Å². The van der Waals surface area contributed by atoms with Gasteiger partial charge in [-0.2, -0.15) is 0 Å². The molecule has 0 aliphatic carbocycles. The predicted molar refractivity (Wildman–Crippen MR) is 136 cm³/mol. The molecule has 36 heavy (non-hydrogen) atoms. The van der Waals surface area contributed by atoms with Gasteiger partial charge < -0.3 is 14.2 Å². The van der Waals surface area contributed by atoms with E-state index in [1.54, 1.807) is 36.4 Å². The third kappa shape index (κ3) is 5.18. The first kappa shape index (κ1) is 24.8. The molecule has 0 aromatic heterocycles. The van der Waals surface area contributed by atoms with Crippen LogP contribution in [0.15, 0.2) is 66.2 Å². The Balaban J connectivity index is 1.62. The standard InChI is InChI=1S/C27H23ClN2O6/c1-16-4-6-17(7-5-16)15-36-24-22(28)13-18(14-23(24)35-3)12-21-25(31)29-27(33)30(26(21)32)19-8-10-20(34-2)11-9-19/h4-14H,15H2,1-3H3,(H,29,31,33)/b21-12+. The van der Waals surface area contributed by atoms with Gasteiger partial charge in [0.05, 0.1) is 24.9 Å². The molecule has 0 atom stereocenters. The smallest absolute Gasteiger partial charge is 0.335 e. The maximum Gasteiger partial charge on any atom is 0.335 e. The number of carbonyl (C=O) groups is 3. The number of hydrogen-bond donors (Lipinski definition) is 1. The normalized spacial score (nSPS) is 14.6. The summed E-state index contributed by atoms with van der Waals surface area (Å²) in [5.74, 6) is -0.375. The summed E-state index contributed by atoms with van der Waals surface area (Å²) < 4.78 is 16.5. The molecule has 9 heteroatoms. The van der Waals surface area contributed by atoms with Gasteiger partial charge in [-0.05, 0) is 60.5 Å². The van der Waals surface area contributed by atoms with Crippen molar-refractivity contribution in [2.75, 3.05) is 19.1 Å². The lowest BCUT2D eigenvalue weighted by Crippen LogP contribution is -2.54. The number of rotatable bonds is 7. The monoisotopic (exact) mass is 506 g/mol. The highest BCUT2D eigenvalue weighted by molar-refractivity contribution is 6.39. The SMILES string of the molecule is COc1ccc(N2C(=O)NC(=O)/C(=C\c3cc(Cl)c(OCc4ccc(C)cc4)c(OC)c3)C2=O)cc1. The van der Waals surface area contributed by atoms with Gasteiger partial charge in [0.15, 0.2) is 11.5 Å². The van der Waals surface area contributed by atoms with Crippen LogP contribution in [0.25, 0.3) is 6.08 Å². The molecular weight excluding hydrogens is 484 g/mol. The molecule has 8 nitrogen and oxygen atoms in total.